The number of rotatable bonds is 6. The molecule has 3 amide bonds. The zero-order valence-electron chi connectivity index (χ0n) is 17.9. The second kappa shape index (κ2) is 10.0. The van der Waals surface area contributed by atoms with Crippen LogP contribution in [0.2, 0.25) is 0 Å². The Morgan fingerprint density at radius 2 is 1.78 bits per heavy atom. The van der Waals surface area contributed by atoms with E-state index in [-0.39, 0.29) is 11.9 Å². The molecule has 2 aromatic carbocycles. The average Bonchev–Trinajstić information content (AvgIpc) is 3.25. The maximum Gasteiger partial charge on any atom is 0.321 e. The molecule has 0 saturated carbocycles. The standard InChI is InChI=1S/C22H26N8O2/c1-28-21(25-26-27-28)18-8-5-9-19(14-18)24-22(32)30-12-10-29(11-13-30)16-20(31)23-15-17-6-3-2-4-7-17/h2-9,14H,10-13,15-16H2,1H3,(H,23,31)(H,24,32). The number of carbonyl (C=O) groups is 2. The van der Waals surface area contributed by atoms with Gasteiger partial charge in [0.05, 0.1) is 6.54 Å². The van der Waals surface area contributed by atoms with E-state index in [1.54, 1.807) is 16.6 Å². The van der Waals surface area contributed by atoms with Crippen molar-refractivity contribution >= 4 is 17.6 Å². The molecular weight excluding hydrogens is 408 g/mol. The van der Waals surface area contributed by atoms with E-state index in [1.807, 2.05) is 54.6 Å². The molecule has 1 fully saturated rings. The first-order valence-electron chi connectivity index (χ1n) is 10.5. The van der Waals surface area contributed by atoms with E-state index < -0.39 is 0 Å². The van der Waals surface area contributed by atoms with E-state index in [2.05, 4.69) is 31.1 Å². The molecule has 1 aliphatic heterocycles. The van der Waals surface area contributed by atoms with Gasteiger partial charge in [-0.15, -0.1) is 5.10 Å². The summed E-state index contributed by atoms with van der Waals surface area (Å²) >= 11 is 0. The number of urea groups is 1. The lowest BCUT2D eigenvalue weighted by atomic mass is 10.2. The number of tetrazole rings is 1. The number of anilines is 1. The summed E-state index contributed by atoms with van der Waals surface area (Å²) in [6.07, 6.45) is 0. The van der Waals surface area contributed by atoms with Crippen LogP contribution in [-0.4, -0.2) is 74.7 Å². The molecular formula is C22H26N8O2. The number of carbonyl (C=O) groups excluding carboxylic acids is 2. The first-order chi connectivity index (χ1) is 15.6. The summed E-state index contributed by atoms with van der Waals surface area (Å²) in [5.74, 6) is 0.613. The number of hydrogen-bond acceptors (Lipinski definition) is 6. The number of nitrogens with zero attached hydrogens (tertiary/aromatic N) is 6. The molecule has 0 spiro atoms. The number of hydrogen-bond donors (Lipinski definition) is 2. The summed E-state index contributed by atoms with van der Waals surface area (Å²) in [6.45, 7) is 3.27. The van der Waals surface area contributed by atoms with Crippen molar-refractivity contribution in [1.29, 1.82) is 0 Å². The minimum Gasteiger partial charge on any atom is -0.351 e. The van der Waals surface area contributed by atoms with E-state index in [0.717, 1.165) is 11.1 Å². The Morgan fingerprint density at radius 3 is 2.50 bits per heavy atom. The fraction of sp³-hybridized carbons (Fsp3) is 0.318. The second-order valence-electron chi connectivity index (χ2n) is 7.66. The molecule has 0 bridgehead atoms. The monoisotopic (exact) mass is 434 g/mol. The molecule has 1 aromatic heterocycles. The van der Waals surface area contributed by atoms with Gasteiger partial charge in [0.1, 0.15) is 0 Å². The highest BCUT2D eigenvalue weighted by Crippen LogP contribution is 2.20. The minimum atomic E-state index is -0.161. The van der Waals surface area contributed by atoms with Gasteiger partial charge in [-0.1, -0.05) is 42.5 Å². The van der Waals surface area contributed by atoms with Gasteiger partial charge in [0.25, 0.3) is 0 Å². The minimum absolute atomic E-state index is 0.0122. The lowest BCUT2D eigenvalue weighted by Gasteiger charge is -2.34. The van der Waals surface area contributed by atoms with Gasteiger partial charge >= 0.3 is 6.03 Å². The zero-order valence-corrected chi connectivity index (χ0v) is 17.9. The van der Waals surface area contributed by atoms with Gasteiger partial charge < -0.3 is 15.5 Å². The molecule has 32 heavy (non-hydrogen) atoms. The maximum atomic E-state index is 12.7. The first kappa shape index (κ1) is 21.4. The van der Waals surface area contributed by atoms with E-state index >= 15 is 0 Å². The Balaban J connectivity index is 1.23. The van der Waals surface area contributed by atoms with Crippen molar-refractivity contribution in [3.63, 3.8) is 0 Å². The van der Waals surface area contributed by atoms with Crippen molar-refractivity contribution in [3.8, 4) is 11.4 Å². The van der Waals surface area contributed by atoms with Crippen molar-refractivity contribution in [2.24, 2.45) is 7.05 Å². The first-order valence-corrected chi connectivity index (χ1v) is 10.5. The highest BCUT2D eigenvalue weighted by Gasteiger charge is 2.22. The summed E-state index contributed by atoms with van der Waals surface area (Å²) in [7, 11) is 1.77. The Hall–Kier alpha value is -3.79. The molecule has 10 nitrogen and oxygen atoms in total. The van der Waals surface area contributed by atoms with Crippen LogP contribution >= 0.6 is 0 Å². The zero-order chi connectivity index (χ0) is 22.3. The summed E-state index contributed by atoms with van der Waals surface area (Å²) in [5, 5.41) is 17.4. The highest BCUT2D eigenvalue weighted by atomic mass is 16.2. The van der Waals surface area contributed by atoms with Crippen LogP contribution in [-0.2, 0) is 18.4 Å². The molecule has 1 aliphatic rings. The van der Waals surface area contributed by atoms with Gasteiger partial charge in [-0.25, -0.2) is 9.48 Å². The van der Waals surface area contributed by atoms with Crippen LogP contribution < -0.4 is 10.6 Å². The Labute approximate surface area is 186 Å². The van der Waals surface area contributed by atoms with Gasteiger partial charge in [-0.3, -0.25) is 9.69 Å². The van der Waals surface area contributed by atoms with Gasteiger partial charge in [0.15, 0.2) is 5.82 Å². The summed E-state index contributed by atoms with van der Waals surface area (Å²) < 4.78 is 1.58. The number of aryl methyl sites for hydroxylation is 1. The molecule has 1 saturated heterocycles. The third kappa shape index (κ3) is 5.46. The summed E-state index contributed by atoms with van der Waals surface area (Å²) in [5.41, 5.74) is 2.57. The second-order valence-corrected chi connectivity index (χ2v) is 7.66. The van der Waals surface area contributed by atoms with Gasteiger partial charge in [0.2, 0.25) is 5.91 Å². The van der Waals surface area contributed by atoms with Crippen LogP contribution in [0.15, 0.2) is 54.6 Å². The third-order valence-electron chi connectivity index (χ3n) is 5.35. The number of piperazine rings is 1. The lowest BCUT2D eigenvalue weighted by Crippen LogP contribution is -2.52. The third-order valence-corrected chi connectivity index (χ3v) is 5.35. The van der Waals surface area contributed by atoms with Gasteiger partial charge in [-0.2, -0.15) is 0 Å². The van der Waals surface area contributed by atoms with Crippen LogP contribution in [0.5, 0.6) is 0 Å². The number of aromatic nitrogens is 4. The Kier molecular flexibility index (Phi) is 6.71. The topological polar surface area (TPSA) is 108 Å². The Morgan fingerprint density at radius 1 is 1.00 bits per heavy atom. The molecule has 4 rings (SSSR count). The molecule has 0 unspecified atom stereocenters. The average molecular weight is 435 g/mol. The number of benzene rings is 2. The predicted molar refractivity (Wildman–Crippen MR) is 120 cm³/mol. The van der Waals surface area contributed by atoms with E-state index in [4.69, 9.17) is 0 Å². The highest BCUT2D eigenvalue weighted by molar-refractivity contribution is 5.90. The van der Waals surface area contributed by atoms with Gasteiger partial charge in [0, 0.05) is 51.0 Å². The normalized spacial score (nSPS) is 14.2. The van der Waals surface area contributed by atoms with Crippen molar-refractivity contribution in [2.45, 2.75) is 6.54 Å². The SMILES string of the molecule is Cn1nnnc1-c1cccc(NC(=O)N2CCN(CC(=O)NCc3ccccc3)CC2)c1. The van der Waals surface area contributed by atoms with Gasteiger partial charge in [-0.05, 0) is 28.1 Å². The fourth-order valence-electron chi connectivity index (χ4n) is 3.58. The number of amides is 3. The summed E-state index contributed by atoms with van der Waals surface area (Å²) in [4.78, 5) is 28.7. The van der Waals surface area contributed by atoms with E-state index in [9.17, 15) is 9.59 Å². The van der Waals surface area contributed by atoms with Crippen LogP contribution in [0, 0.1) is 0 Å². The molecule has 0 atom stereocenters. The number of nitrogens with one attached hydrogen (secondary N) is 2. The van der Waals surface area contributed by atoms with Crippen molar-refractivity contribution in [3.05, 3.63) is 60.2 Å². The van der Waals surface area contributed by atoms with E-state index in [1.165, 1.54) is 0 Å². The largest absolute Gasteiger partial charge is 0.351 e. The summed E-state index contributed by atoms with van der Waals surface area (Å²) in [6, 6.07) is 17.1. The van der Waals surface area contributed by atoms with Crippen molar-refractivity contribution < 1.29 is 9.59 Å². The van der Waals surface area contributed by atoms with E-state index in [0.29, 0.717) is 50.8 Å². The Bertz CT molecular complexity index is 1060. The lowest BCUT2D eigenvalue weighted by molar-refractivity contribution is -0.122. The molecule has 166 valence electrons. The molecule has 0 aliphatic carbocycles. The fourth-order valence-corrected chi connectivity index (χ4v) is 3.58. The van der Waals surface area contributed by atoms with Crippen LogP contribution in [0.3, 0.4) is 0 Å². The van der Waals surface area contributed by atoms with Crippen LogP contribution in [0.1, 0.15) is 5.56 Å². The van der Waals surface area contributed by atoms with Crippen molar-refractivity contribution in [1.82, 2.24) is 35.3 Å². The van der Waals surface area contributed by atoms with Crippen LogP contribution in [0.4, 0.5) is 10.5 Å². The molecule has 0 radical (unpaired) electrons. The van der Waals surface area contributed by atoms with Crippen LogP contribution in [0.25, 0.3) is 11.4 Å². The smallest absolute Gasteiger partial charge is 0.321 e. The quantitative estimate of drug-likeness (QED) is 0.606. The molecule has 3 aromatic rings. The molecule has 2 heterocycles. The predicted octanol–water partition coefficient (Wildman–Crippen LogP) is 1.34. The van der Waals surface area contributed by atoms with Crippen molar-refractivity contribution in [2.75, 3.05) is 38.0 Å². The molecule has 10 heteroatoms. The molecule has 2 N–H and O–H groups in total. The maximum absolute atomic E-state index is 12.7.